The molecule has 1 aromatic rings. The molecule has 1 fully saturated rings. The lowest BCUT2D eigenvalue weighted by Gasteiger charge is -2.20. The second-order valence-electron chi connectivity index (χ2n) is 4.46. The minimum absolute atomic E-state index is 0.126. The molecule has 1 aliphatic rings. The molecule has 2 unspecified atom stereocenters. The molecule has 0 amide bonds. The summed E-state index contributed by atoms with van der Waals surface area (Å²) in [5, 5.41) is -0.492. The molecule has 0 aliphatic carbocycles. The van der Waals surface area contributed by atoms with Crippen molar-refractivity contribution in [3.05, 3.63) is 27.8 Å². The Labute approximate surface area is 121 Å². The summed E-state index contributed by atoms with van der Waals surface area (Å²) in [7, 11) is -3.41. The SMILES string of the molecule is CC1NNC(C)C1S(=O)(=O)Nc1ccccc1I. The number of nitrogens with one attached hydrogen (secondary N) is 3. The van der Waals surface area contributed by atoms with Crippen molar-refractivity contribution in [1.82, 2.24) is 10.9 Å². The zero-order valence-corrected chi connectivity index (χ0v) is 13.1. The van der Waals surface area contributed by atoms with E-state index in [1.807, 2.05) is 32.0 Å². The average molecular weight is 381 g/mol. The highest BCUT2D eigenvalue weighted by atomic mass is 127. The van der Waals surface area contributed by atoms with Crippen LogP contribution in [0, 0.1) is 3.57 Å². The van der Waals surface area contributed by atoms with Gasteiger partial charge in [-0.3, -0.25) is 15.6 Å². The highest BCUT2D eigenvalue weighted by Gasteiger charge is 2.40. The molecule has 0 radical (unpaired) electrons. The summed E-state index contributed by atoms with van der Waals surface area (Å²) in [6.45, 7) is 3.71. The molecule has 0 saturated carbocycles. The summed E-state index contributed by atoms with van der Waals surface area (Å²) in [5.74, 6) is 0. The maximum Gasteiger partial charge on any atom is 0.238 e. The van der Waals surface area contributed by atoms with Crippen LogP contribution < -0.4 is 15.6 Å². The Morgan fingerprint density at radius 3 is 2.28 bits per heavy atom. The fraction of sp³-hybridized carbons (Fsp3) is 0.455. The number of halogens is 1. The first-order valence-corrected chi connectivity index (χ1v) is 8.31. The number of benzene rings is 1. The van der Waals surface area contributed by atoms with Gasteiger partial charge in [-0.15, -0.1) is 0 Å². The third-order valence-electron chi connectivity index (χ3n) is 3.01. The van der Waals surface area contributed by atoms with Crippen molar-refractivity contribution in [1.29, 1.82) is 0 Å². The smallest absolute Gasteiger partial charge is 0.238 e. The summed E-state index contributed by atoms with van der Waals surface area (Å²) in [6, 6.07) is 7.08. The Bertz CT molecular complexity index is 525. The van der Waals surface area contributed by atoms with E-state index in [1.165, 1.54) is 0 Å². The van der Waals surface area contributed by atoms with E-state index in [2.05, 4.69) is 38.2 Å². The molecule has 1 aromatic carbocycles. The zero-order valence-electron chi connectivity index (χ0n) is 10.1. The third-order valence-corrected chi connectivity index (χ3v) is 5.99. The zero-order chi connectivity index (χ0) is 13.3. The van der Waals surface area contributed by atoms with E-state index in [1.54, 1.807) is 6.07 Å². The van der Waals surface area contributed by atoms with Crippen LogP contribution in [0.5, 0.6) is 0 Å². The molecule has 0 bridgehead atoms. The van der Waals surface area contributed by atoms with Crippen LogP contribution in [-0.4, -0.2) is 25.8 Å². The first kappa shape index (κ1) is 14.0. The Hall–Kier alpha value is -0.380. The van der Waals surface area contributed by atoms with Gasteiger partial charge in [0.15, 0.2) is 0 Å². The molecular formula is C11H16IN3O2S. The van der Waals surface area contributed by atoms with Crippen molar-refractivity contribution in [3.8, 4) is 0 Å². The third kappa shape index (κ3) is 2.79. The monoisotopic (exact) mass is 381 g/mol. The van der Waals surface area contributed by atoms with Gasteiger partial charge in [0.05, 0.1) is 5.69 Å². The first-order chi connectivity index (χ1) is 8.42. The predicted molar refractivity (Wildman–Crippen MR) is 80.7 cm³/mol. The van der Waals surface area contributed by atoms with Crippen LogP contribution in [-0.2, 0) is 10.0 Å². The molecule has 1 aliphatic heterocycles. The van der Waals surface area contributed by atoms with Crippen LogP contribution in [0.15, 0.2) is 24.3 Å². The summed E-state index contributed by atoms with van der Waals surface area (Å²) < 4.78 is 28.3. The number of rotatable bonds is 3. The largest absolute Gasteiger partial charge is 0.282 e. The van der Waals surface area contributed by atoms with Gasteiger partial charge in [0, 0.05) is 15.7 Å². The number of anilines is 1. The van der Waals surface area contributed by atoms with Crippen LogP contribution in [0.3, 0.4) is 0 Å². The van der Waals surface area contributed by atoms with Crippen molar-refractivity contribution in [2.45, 2.75) is 31.2 Å². The Kier molecular flexibility index (Phi) is 4.15. The van der Waals surface area contributed by atoms with Crippen molar-refractivity contribution in [2.75, 3.05) is 4.72 Å². The first-order valence-electron chi connectivity index (χ1n) is 5.69. The van der Waals surface area contributed by atoms with Gasteiger partial charge in [0.2, 0.25) is 10.0 Å². The molecule has 5 nitrogen and oxygen atoms in total. The van der Waals surface area contributed by atoms with Gasteiger partial charge in [-0.05, 0) is 48.6 Å². The predicted octanol–water partition coefficient (Wildman–Crippen LogP) is 1.29. The van der Waals surface area contributed by atoms with Gasteiger partial charge in [0.25, 0.3) is 0 Å². The lowest BCUT2D eigenvalue weighted by molar-refractivity contribution is 0.564. The number of hydrogen-bond acceptors (Lipinski definition) is 4. The lowest BCUT2D eigenvalue weighted by atomic mass is 10.2. The molecule has 2 atom stereocenters. The molecular weight excluding hydrogens is 365 g/mol. The fourth-order valence-corrected chi connectivity index (χ4v) is 4.70. The molecule has 100 valence electrons. The topological polar surface area (TPSA) is 70.2 Å². The number of hydrogen-bond donors (Lipinski definition) is 3. The summed E-state index contributed by atoms with van der Waals surface area (Å²) in [6.07, 6.45) is 0. The van der Waals surface area contributed by atoms with E-state index in [-0.39, 0.29) is 12.1 Å². The van der Waals surface area contributed by atoms with Crippen molar-refractivity contribution in [2.24, 2.45) is 0 Å². The van der Waals surface area contributed by atoms with Gasteiger partial charge in [-0.1, -0.05) is 12.1 Å². The molecule has 0 aromatic heterocycles. The van der Waals surface area contributed by atoms with E-state index < -0.39 is 15.3 Å². The number of sulfonamides is 1. The summed E-state index contributed by atoms with van der Waals surface area (Å²) >= 11 is 2.12. The van der Waals surface area contributed by atoms with Crippen LogP contribution in [0.2, 0.25) is 0 Å². The van der Waals surface area contributed by atoms with E-state index >= 15 is 0 Å². The standard InChI is InChI=1S/C11H16IN3O2S/c1-7-11(8(2)14-13-7)18(16,17)15-10-6-4-3-5-9(10)12/h3-8,11,13-15H,1-2H3. The van der Waals surface area contributed by atoms with E-state index in [0.29, 0.717) is 5.69 Å². The van der Waals surface area contributed by atoms with Crippen molar-refractivity contribution >= 4 is 38.3 Å². The average Bonchev–Trinajstić information content (AvgIpc) is 2.62. The van der Waals surface area contributed by atoms with Gasteiger partial charge in [-0.2, -0.15) is 0 Å². The minimum Gasteiger partial charge on any atom is -0.282 e. The van der Waals surface area contributed by atoms with E-state index in [0.717, 1.165) is 3.57 Å². The van der Waals surface area contributed by atoms with Crippen molar-refractivity contribution in [3.63, 3.8) is 0 Å². The summed E-state index contributed by atoms with van der Waals surface area (Å²) in [5.41, 5.74) is 6.54. The van der Waals surface area contributed by atoms with Gasteiger partial charge in [0.1, 0.15) is 5.25 Å². The molecule has 1 saturated heterocycles. The maximum absolute atomic E-state index is 12.4. The van der Waals surface area contributed by atoms with Gasteiger partial charge < -0.3 is 0 Å². The molecule has 3 N–H and O–H groups in total. The Balaban J connectivity index is 2.25. The molecule has 18 heavy (non-hydrogen) atoms. The van der Waals surface area contributed by atoms with Gasteiger partial charge in [-0.25, -0.2) is 8.42 Å². The Morgan fingerprint density at radius 1 is 1.17 bits per heavy atom. The van der Waals surface area contributed by atoms with Crippen molar-refractivity contribution < 1.29 is 8.42 Å². The molecule has 0 spiro atoms. The van der Waals surface area contributed by atoms with E-state index in [4.69, 9.17) is 0 Å². The van der Waals surface area contributed by atoms with Gasteiger partial charge >= 0.3 is 0 Å². The lowest BCUT2D eigenvalue weighted by Crippen LogP contribution is -2.41. The Morgan fingerprint density at radius 2 is 1.72 bits per heavy atom. The second-order valence-corrected chi connectivity index (χ2v) is 7.46. The van der Waals surface area contributed by atoms with Crippen LogP contribution in [0.4, 0.5) is 5.69 Å². The molecule has 1 heterocycles. The highest BCUT2D eigenvalue weighted by Crippen LogP contribution is 2.22. The van der Waals surface area contributed by atoms with Crippen LogP contribution in [0.1, 0.15) is 13.8 Å². The quantitative estimate of drug-likeness (QED) is 0.691. The highest BCUT2D eigenvalue weighted by molar-refractivity contribution is 14.1. The number of para-hydroxylation sites is 1. The summed E-state index contributed by atoms with van der Waals surface area (Å²) in [4.78, 5) is 0. The fourth-order valence-electron chi connectivity index (χ4n) is 2.16. The normalized spacial score (nSPS) is 28.3. The maximum atomic E-state index is 12.4. The molecule has 2 rings (SSSR count). The van der Waals surface area contributed by atoms with E-state index in [9.17, 15) is 8.42 Å². The van der Waals surface area contributed by atoms with Crippen LogP contribution in [0.25, 0.3) is 0 Å². The molecule has 7 heteroatoms. The minimum atomic E-state index is -3.41. The number of hydrazine groups is 1. The van der Waals surface area contributed by atoms with Crippen LogP contribution >= 0.6 is 22.6 Å². The second kappa shape index (κ2) is 5.32.